The van der Waals surface area contributed by atoms with Gasteiger partial charge in [-0.1, -0.05) is 31.4 Å². The van der Waals surface area contributed by atoms with E-state index in [1.165, 1.54) is 0 Å². The molecule has 148 valence electrons. The van der Waals surface area contributed by atoms with Gasteiger partial charge in [0.15, 0.2) is 0 Å². The van der Waals surface area contributed by atoms with E-state index in [-0.39, 0.29) is 36.2 Å². The van der Waals surface area contributed by atoms with Crippen LogP contribution in [0.15, 0.2) is 18.2 Å². The number of benzene rings is 1. The fraction of sp³-hybridized carbons (Fsp3) is 0.545. The van der Waals surface area contributed by atoms with Crippen molar-refractivity contribution in [3.8, 4) is 5.75 Å². The van der Waals surface area contributed by atoms with E-state index in [1.807, 2.05) is 26.0 Å². The number of aryl methyl sites for hydroxylation is 2. The maximum absolute atomic E-state index is 12.3. The minimum absolute atomic E-state index is 0.113. The molecule has 3 atom stereocenters. The predicted octanol–water partition coefficient (Wildman–Crippen LogP) is 4.01. The van der Waals surface area contributed by atoms with E-state index in [0.29, 0.717) is 6.42 Å². The van der Waals surface area contributed by atoms with Crippen LogP contribution in [0, 0.1) is 25.7 Å². The number of unbranched alkanes of at least 4 members (excludes halogenated alkanes) is 3. The monoisotopic (exact) mass is 374 g/mol. The minimum atomic E-state index is -0.769. The molecular weight excluding hydrogens is 344 g/mol. The summed E-state index contributed by atoms with van der Waals surface area (Å²) in [6.07, 6.45) is 7.65. The van der Waals surface area contributed by atoms with Gasteiger partial charge in [-0.3, -0.25) is 9.59 Å². The van der Waals surface area contributed by atoms with E-state index in [1.54, 1.807) is 12.1 Å². The number of carbonyl (C=O) groups is 2. The van der Waals surface area contributed by atoms with Crippen LogP contribution in [0.2, 0.25) is 0 Å². The molecule has 27 heavy (non-hydrogen) atoms. The standard InChI is InChI=1S/C22H30O5/c1-14-11-16(23)12-15(2)17(14)9-10-19-18(20(24)13-21(19)25)7-5-3-4-6-8-22(26)27/h9-12,18-19,21,23,25H,3-8,13H2,1-2H3,(H,26,27)/b10-9+. The van der Waals surface area contributed by atoms with Crippen molar-refractivity contribution in [1.29, 1.82) is 0 Å². The second kappa shape index (κ2) is 9.70. The number of aliphatic hydroxyl groups is 1. The van der Waals surface area contributed by atoms with Gasteiger partial charge in [-0.05, 0) is 55.5 Å². The van der Waals surface area contributed by atoms with Crippen LogP contribution in [0.25, 0.3) is 6.08 Å². The smallest absolute Gasteiger partial charge is 0.303 e. The second-order valence-electron chi connectivity index (χ2n) is 7.62. The van der Waals surface area contributed by atoms with Crippen LogP contribution in [0.1, 0.15) is 61.6 Å². The van der Waals surface area contributed by atoms with Crippen molar-refractivity contribution in [3.05, 3.63) is 34.9 Å². The maximum atomic E-state index is 12.3. The van der Waals surface area contributed by atoms with Gasteiger partial charge in [0.25, 0.3) is 0 Å². The first kappa shape index (κ1) is 21.2. The van der Waals surface area contributed by atoms with Crippen LogP contribution >= 0.6 is 0 Å². The third-order valence-electron chi connectivity index (χ3n) is 5.45. The summed E-state index contributed by atoms with van der Waals surface area (Å²) in [6, 6.07) is 3.41. The number of Topliss-reactive ketones (excluding diaryl/α,β-unsaturated/α-hetero) is 1. The van der Waals surface area contributed by atoms with Crippen LogP contribution < -0.4 is 0 Å². The zero-order chi connectivity index (χ0) is 20.0. The van der Waals surface area contributed by atoms with Crippen molar-refractivity contribution in [1.82, 2.24) is 0 Å². The predicted molar refractivity (Wildman–Crippen MR) is 105 cm³/mol. The van der Waals surface area contributed by atoms with Gasteiger partial charge in [0.2, 0.25) is 0 Å². The summed E-state index contributed by atoms with van der Waals surface area (Å²) in [5.41, 5.74) is 2.92. The second-order valence-corrected chi connectivity index (χ2v) is 7.62. The molecule has 0 spiro atoms. The first-order valence-corrected chi connectivity index (χ1v) is 9.70. The number of ketones is 1. The van der Waals surface area contributed by atoms with Crippen molar-refractivity contribution in [2.24, 2.45) is 11.8 Å². The molecule has 1 fully saturated rings. The number of carboxylic acid groups (broad SMARTS) is 1. The fourth-order valence-corrected chi connectivity index (χ4v) is 4.01. The molecule has 0 heterocycles. The molecule has 1 aliphatic carbocycles. The number of hydrogen-bond acceptors (Lipinski definition) is 4. The first-order chi connectivity index (χ1) is 12.8. The summed E-state index contributed by atoms with van der Waals surface area (Å²) in [5, 5.41) is 28.6. The van der Waals surface area contributed by atoms with Crippen LogP contribution in [0.4, 0.5) is 0 Å². The molecule has 0 aliphatic heterocycles. The molecule has 0 bridgehead atoms. The highest BCUT2D eigenvalue weighted by molar-refractivity contribution is 5.85. The average Bonchev–Trinajstić information content (AvgIpc) is 2.83. The van der Waals surface area contributed by atoms with Gasteiger partial charge < -0.3 is 15.3 Å². The van der Waals surface area contributed by atoms with Crippen molar-refractivity contribution in [2.75, 3.05) is 0 Å². The Morgan fingerprint density at radius 3 is 2.41 bits per heavy atom. The van der Waals surface area contributed by atoms with E-state index in [2.05, 4.69) is 0 Å². The zero-order valence-electron chi connectivity index (χ0n) is 16.1. The number of carbonyl (C=O) groups excluding carboxylic acids is 1. The molecule has 1 saturated carbocycles. The third kappa shape index (κ3) is 5.93. The summed E-state index contributed by atoms with van der Waals surface area (Å²) < 4.78 is 0. The molecular formula is C22H30O5. The van der Waals surface area contributed by atoms with Gasteiger partial charge in [-0.2, -0.15) is 0 Å². The largest absolute Gasteiger partial charge is 0.508 e. The summed E-state index contributed by atoms with van der Waals surface area (Å²) in [5.74, 6) is -0.785. The van der Waals surface area contributed by atoms with Gasteiger partial charge in [0, 0.05) is 24.7 Å². The van der Waals surface area contributed by atoms with E-state index in [9.17, 15) is 19.8 Å². The molecule has 3 N–H and O–H groups in total. The van der Waals surface area contributed by atoms with Crippen LogP contribution in [-0.4, -0.2) is 33.2 Å². The Labute approximate surface area is 160 Å². The van der Waals surface area contributed by atoms with Crippen molar-refractivity contribution >= 4 is 17.8 Å². The topological polar surface area (TPSA) is 94.8 Å². The lowest BCUT2D eigenvalue weighted by Gasteiger charge is -2.18. The fourth-order valence-electron chi connectivity index (χ4n) is 4.01. The minimum Gasteiger partial charge on any atom is -0.508 e. The van der Waals surface area contributed by atoms with Gasteiger partial charge >= 0.3 is 5.97 Å². The average molecular weight is 374 g/mol. The molecule has 1 aromatic rings. The number of aliphatic carboxylic acids is 1. The summed E-state index contributed by atoms with van der Waals surface area (Å²) >= 11 is 0. The molecule has 1 aliphatic rings. The van der Waals surface area contributed by atoms with Gasteiger partial charge in [-0.15, -0.1) is 0 Å². The Kier molecular flexibility index (Phi) is 7.60. The molecule has 0 amide bonds. The van der Waals surface area contributed by atoms with Crippen LogP contribution in [0.5, 0.6) is 5.75 Å². The van der Waals surface area contributed by atoms with Gasteiger partial charge in [0.05, 0.1) is 6.10 Å². The van der Waals surface area contributed by atoms with Crippen molar-refractivity contribution in [2.45, 2.75) is 64.9 Å². The molecule has 0 radical (unpaired) electrons. The lowest BCUT2D eigenvalue weighted by atomic mass is 9.88. The molecule has 5 heteroatoms. The quantitative estimate of drug-likeness (QED) is 0.568. The Morgan fingerprint density at radius 2 is 1.78 bits per heavy atom. The SMILES string of the molecule is Cc1cc(O)cc(C)c1/C=C/C1C(O)CC(=O)C1CCCCCCC(=O)O. The number of phenols is 1. The molecule has 0 saturated heterocycles. The van der Waals surface area contributed by atoms with E-state index >= 15 is 0 Å². The third-order valence-corrected chi connectivity index (χ3v) is 5.45. The highest BCUT2D eigenvalue weighted by atomic mass is 16.4. The van der Waals surface area contributed by atoms with Crippen LogP contribution in [0.3, 0.4) is 0 Å². The first-order valence-electron chi connectivity index (χ1n) is 9.70. The van der Waals surface area contributed by atoms with Crippen molar-refractivity contribution < 1.29 is 24.9 Å². The highest BCUT2D eigenvalue weighted by Crippen LogP contribution is 2.35. The molecule has 0 aromatic heterocycles. The number of aliphatic hydroxyl groups excluding tert-OH is 1. The molecule has 1 aromatic carbocycles. The maximum Gasteiger partial charge on any atom is 0.303 e. The van der Waals surface area contributed by atoms with E-state index in [0.717, 1.165) is 42.4 Å². The molecule has 2 rings (SSSR count). The summed E-state index contributed by atoms with van der Waals surface area (Å²) in [6.45, 7) is 3.86. The van der Waals surface area contributed by atoms with E-state index in [4.69, 9.17) is 5.11 Å². The van der Waals surface area contributed by atoms with E-state index < -0.39 is 12.1 Å². The summed E-state index contributed by atoms with van der Waals surface area (Å²) in [4.78, 5) is 22.8. The normalized spacial score (nSPS) is 22.6. The van der Waals surface area contributed by atoms with Gasteiger partial charge in [-0.25, -0.2) is 0 Å². The lowest BCUT2D eigenvalue weighted by Crippen LogP contribution is -2.18. The Morgan fingerprint density at radius 1 is 1.15 bits per heavy atom. The lowest BCUT2D eigenvalue weighted by molar-refractivity contribution is -0.137. The Hall–Kier alpha value is -2.14. The number of rotatable bonds is 9. The number of phenolic OH excluding ortho intramolecular Hbond substituents is 1. The Balaban J connectivity index is 1.97. The van der Waals surface area contributed by atoms with Crippen LogP contribution in [-0.2, 0) is 9.59 Å². The number of carboxylic acids is 1. The molecule has 3 unspecified atom stereocenters. The molecule has 5 nitrogen and oxygen atoms in total. The van der Waals surface area contributed by atoms with Gasteiger partial charge in [0.1, 0.15) is 11.5 Å². The summed E-state index contributed by atoms with van der Waals surface area (Å²) in [7, 11) is 0. The number of hydrogen-bond donors (Lipinski definition) is 3. The Bertz CT molecular complexity index is 684. The van der Waals surface area contributed by atoms with Crippen molar-refractivity contribution in [3.63, 3.8) is 0 Å². The number of aromatic hydroxyl groups is 1. The zero-order valence-corrected chi connectivity index (χ0v) is 16.1. The highest BCUT2D eigenvalue weighted by Gasteiger charge is 2.39.